The van der Waals surface area contributed by atoms with Gasteiger partial charge in [0, 0.05) is 21.6 Å². The molecule has 1 aromatic heterocycles. The van der Waals surface area contributed by atoms with Crippen LogP contribution in [-0.2, 0) is 11.9 Å². The van der Waals surface area contributed by atoms with E-state index in [0.29, 0.717) is 17.4 Å². The lowest BCUT2D eigenvalue weighted by molar-refractivity contribution is 0.576. The molecule has 0 saturated heterocycles. The molecule has 0 aliphatic rings. The fourth-order valence-corrected chi connectivity index (χ4v) is 1.98. The molecule has 16 heavy (non-hydrogen) atoms. The lowest BCUT2D eigenvalue weighted by Gasteiger charge is -2.03. The van der Waals surface area contributed by atoms with E-state index in [4.69, 9.17) is 0 Å². The summed E-state index contributed by atoms with van der Waals surface area (Å²) in [6.45, 7) is 0.380. The maximum atomic E-state index is 13.5. The van der Waals surface area contributed by atoms with Crippen LogP contribution in [0, 0.1) is 5.82 Å². The molecule has 3 nitrogen and oxygen atoms in total. The predicted octanol–water partition coefficient (Wildman–Crippen LogP) is 3.12. The molecule has 84 valence electrons. The Labute approximate surface area is 109 Å². The van der Waals surface area contributed by atoms with Gasteiger partial charge in [-0.1, -0.05) is 37.1 Å². The van der Waals surface area contributed by atoms with Crippen LogP contribution in [-0.4, -0.2) is 15.0 Å². The second kappa shape index (κ2) is 5.05. The lowest BCUT2D eigenvalue weighted by Crippen LogP contribution is -2.02. The highest BCUT2D eigenvalue weighted by Crippen LogP contribution is 2.16. The van der Waals surface area contributed by atoms with E-state index in [1.807, 2.05) is 0 Å². The van der Waals surface area contributed by atoms with E-state index >= 15 is 0 Å². The molecule has 6 heteroatoms. The largest absolute Gasteiger partial charge is 0.248 e. The van der Waals surface area contributed by atoms with Gasteiger partial charge in [0.2, 0.25) is 0 Å². The summed E-state index contributed by atoms with van der Waals surface area (Å²) < 4.78 is 15.9. The summed E-state index contributed by atoms with van der Waals surface area (Å²) >= 11 is 6.59. The second-order valence-corrected chi connectivity index (χ2v) is 4.75. The van der Waals surface area contributed by atoms with E-state index in [-0.39, 0.29) is 5.82 Å². The minimum Gasteiger partial charge on any atom is -0.248 e. The summed E-state index contributed by atoms with van der Waals surface area (Å²) in [6.07, 6.45) is 1.79. The van der Waals surface area contributed by atoms with E-state index < -0.39 is 0 Å². The zero-order chi connectivity index (χ0) is 11.5. The van der Waals surface area contributed by atoms with Gasteiger partial charge in [0.1, 0.15) is 5.82 Å². The molecular weight excluding hydrogens is 341 g/mol. The van der Waals surface area contributed by atoms with Crippen LogP contribution in [0.1, 0.15) is 11.3 Å². The molecule has 0 N–H and O–H groups in total. The Morgan fingerprint density at radius 3 is 2.88 bits per heavy atom. The molecule has 0 atom stereocenters. The Bertz CT molecular complexity index is 499. The molecule has 0 saturated carbocycles. The van der Waals surface area contributed by atoms with Crippen LogP contribution in [0.3, 0.4) is 0 Å². The van der Waals surface area contributed by atoms with Crippen molar-refractivity contribution in [3.8, 4) is 0 Å². The monoisotopic (exact) mass is 347 g/mol. The third-order valence-corrected chi connectivity index (χ3v) is 3.13. The maximum Gasteiger partial charge on any atom is 0.128 e. The molecule has 1 aromatic carbocycles. The summed E-state index contributed by atoms with van der Waals surface area (Å²) in [4.78, 5) is 0. The van der Waals surface area contributed by atoms with Crippen LogP contribution in [0.5, 0.6) is 0 Å². The predicted molar refractivity (Wildman–Crippen MR) is 65.9 cm³/mol. The molecule has 0 bridgehead atoms. The van der Waals surface area contributed by atoms with Gasteiger partial charge in [0.25, 0.3) is 0 Å². The van der Waals surface area contributed by atoms with Gasteiger partial charge in [-0.3, -0.25) is 0 Å². The van der Waals surface area contributed by atoms with E-state index in [1.165, 1.54) is 6.07 Å². The van der Waals surface area contributed by atoms with Crippen LogP contribution < -0.4 is 0 Å². The topological polar surface area (TPSA) is 30.7 Å². The number of aromatic nitrogens is 3. The minimum atomic E-state index is -0.237. The Morgan fingerprint density at radius 1 is 1.38 bits per heavy atom. The van der Waals surface area contributed by atoms with Gasteiger partial charge in [-0.2, -0.15) is 0 Å². The molecule has 0 unspecified atom stereocenters. The lowest BCUT2D eigenvalue weighted by atomic mass is 10.2. The molecule has 0 aliphatic heterocycles. The van der Waals surface area contributed by atoms with Crippen LogP contribution in [0.25, 0.3) is 0 Å². The highest BCUT2D eigenvalue weighted by Gasteiger charge is 2.05. The first-order valence-corrected chi connectivity index (χ1v) is 6.49. The molecule has 0 spiro atoms. The fraction of sp³-hybridized carbons (Fsp3) is 0.200. The van der Waals surface area contributed by atoms with Gasteiger partial charge in [0.05, 0.1) is 12.2 Å². The highest BCUT2D eigenvalue weighted by molar-refractivity contribution is 9.10. The number of hydrogen-bond acceptors (Lipinski definition) is 2. The Balaban J connectivity index is 2.22. The van der Waals surface area contributed by atoms with Gasteiger partial charge in [-0.15, -0.1) is 5.10 Å². The van der Waals surface area contributed by atoms with E-state index in [2.05, 4.69) is 42.2 Å². The Kier molecular flexibility index (Phi) is 3.70. The minimum absolute atomic E-state index is 0.237. The molecule has 0 amide bonds. The van der Waals surface area contributed by atoms with Gasteiger partial charge in [-0.25, -0.2) is 9.07 Å². The van der Waals surface area contributed by atoms with Crippen molar-refractivity contribution in [1.82, 2.24) is 15.0 Å². The molecule has 0 radical (unpaired) electrons. The van der Waals surface area contributed by atoms with Crippen molar-refractivity contribution in [2.24, 2.45) is 0 Å². The van der Waals surface area contributed by atoms with E-state index in [0.717, 1.165) is 10.2 Å². The Hall–Kier alpha value is -0.750. The molecule has 2 aromatic rings. The summed E-state index contributed by atoms with van der Waals surface area (Å²) in [6, 6.07) is 4.84. The average molecular weight is 349 g/mol. The van der Waals surface area contributed by atoms with Crippen LogP contribution in [0.4, 0.5) is 4.39 Å². The molecule has 0 aliphatic carbocycles. The van der Waals surface area contributed by atoms with Crippen LogP contribution in [0.2, 0.25) is 0 Å². The third-order valence-electron chi connectivity index (χ3n) is 2.06. The van der Waals surface area contributed by atoms with Crippen molar-refractivity contribution in [2.75, 3.05) is 0 Å². The van der Waals surface area contributed by atoms with E-state index in [9.17, 15) is 4.39 Å². The average Bonchev–Trinajstić information content (AvgIpc) is 2.71. The van der Waals surface area contributed by atoms with Crippen molar-refractivity contribution in [3.05, 3.63) is 45.9 Å². The third kappa shape index (κ3) is 2.68. The highest BCUT2D eigenvalue weighted by atomic mass is 79.9. The van der Waals surface area contributed by atoms with Gasteiger partial charge in [0.15, 0.2) is 0 Å². The number of benzene rings is 1. The summed E-state index contributed by atoms with van der Waals surface area (Å²) in [5, 5.41) is 8.47. The maximum absolute atomic E-state index is 13.5. The van der Waals surface area contributed by atoms with Gasteiger partial charge < -0.3 is 0 Å². The standard InChI is InChI=1S/C10H8Br2FN3/c11-4-9-6-16(15-14-9)5-7-3-8(12)1-2-10(7)13/h1-3,6H,4-5H2. The number of alkyl halides is 1. The molecular formula is C10H8Br2FN3. The second-order valence-electron chi connectivity index (χ2n) is 3.28. The van der Waals surface area contributed by atoms with E-state index in [1.54, 1.807) is 23.0 Å². The first-order valence-electron chi connectivity index (χ1n) is 4.58. The molecule has 0 fully saturated rings. The van der Waals surface area contributed by atoms with Crippen LogP contribution >= 0.6 is 31.9 Å². The quantitative estimate of drug-likeness (QED) is 0.798. The first kappa shape index (κ1) is 11.7. The Morgan fingerprint density at radius 2 is 2.19 bits per heavy atom. The summed E-state index contributed by atoms with van der Waals surface area (Å²) in [7, 11) is 0. The first-order chi connectivity index (χ1) is 7.69. The normalized spacial score (nSPS) is 10.7. The zero-order valence-electron chi connectivity index (χ0n) is 8.20. The summed E-state index contributed by atoms with van der Waals surface area (Å²) in [5.74, 6) is -0.237. The number of halogens is 3. The number of hydrogen-bond donors (Lipinski definition) is 0. The van der Waals surface area contributed by atoms with Crippen molar-refractivity contribution >= 4 is 31.9 Å². The van der Waals surface area contributed by atoms with Crippen molar-refractivity contribution in [2.45, 2.75) is 11.9 Å². The van der Waals surface area contributed by atoms with Crippen molar-refractivity contribution < 1.29 is 4.39 Å². The number of rotatable bonds is 3. The summed E-state index contributed by atoms with van der Waals surface area (Å²) in [5.41, 5.74) is 1.41. The molecule has 2 rings (SSSR count). The van der Waals surface area contributed by atoms with Gasteiger partial charge in [-0.05, 0) is 18.2 Å². The van der Waals surface area contributed by atoms with Crippen LogP contribution in [0.15, 0.2) is 28.9 Å². The van der Waals surface area contributed by atoms with Gasteiger partial charge >= 0.3 is 0 Å². The zero-order valence-corrected chi connectivity index (χ0v) is 11.4. The smallest absolute Gasteiger partial charge is 0.128 e. The van der Waals surface area contributed by atoms with Crippen molar-refractivity contribution in [3.63, 3.8) is 0 Å². The SMILES string of the molecule is Fc1ccc(Br)cc1Cn1cc(CBr)nn1. The number of nitrogens with zero attached hydrogens (tertiary/aromatic N) is 3. The van der Waals surface area contributed by atoms with Crippen molar-refractivity contribution in [1.29, 1.82) is 0 Å². The molecule has 1 heterocycles. The fourth-order valence-electron chi connectivity index (χ4n) is 1.32.